The van der Waals surface area contributed by atoms with Gasteiger partial charge >= 0.3 is 0 Å². The first-order chi connectivity index (χ1) is 3.56. The Kier molecular flexibility index (Phi) is 5.89. The monoisotopic (exact) mass is 143 g/mol. The van der Waals surface area contributed by atoms with Crippen molar-refractivity contribution in [3.63, 3.8) is 0 Å². The van der Waals surface area contributed by atoms with E-state index in [-0.39, 0.29) is 6.15 Å². The van der Waals surface area contributed by atoms with Gasteiger partial charge in [-0.2, -0.15) is 0 Å². The molecule has 0 aliphatic heterocycles. The normalized spacial score (nSPS) is 8.89. The average Bonchev–Trinajstić information content (AvgIpc) is 1.59. The zero-order chi connectivity index (χ0) is 6.62. The molecule has 0 fully saturated rings. The van der Waals surface area contributed by atoms with Gasteiger partial charge in [0.15, 0.2) is 0 Å². The summed E-state index contributed by atoms with van der Waals surface area (Å²) in [5, 5.41) is 0. The van der Waals surface area contributed by atoms with Crippen LogP contribution in [-0.4, -0.2) is 8.07 Å². The van der Waals surface area contributed by atoms with Crippen LogP contribution in [0.15, 0.2) is 0 Å². The van der Waals surface area contributed by atoms with E-state index in [0.717, 1.165) is 6.42 Å². The Hall–Kier alpha value is -0.263. The van der Waals surface area contributed by atoms with Crippen LogP contribution in [0.3, 0.4) is 0 Å². The highest BCUT2D eigenvalue weighted by molar-refractivity contribution is 6.83. The van der Waals surface area contributed by atoms with Gasteiger partial charge in [0.2, 0.25) is 0 Å². The minimum Gasteiger partial charge on any atom is -0.344 e. The Morgan fingerprint density at radius 1 is 1.22 bits per heavy atom. The van der Waals surface area contributed by atoms with Crippen molar-refractivity contribution < 1.29 is 0 Å². The minimum atomic E-state index is -1.04. The van der Waals surface area contributed by atoms with Gasteiger partial charge in [0, 0.05) is 6.42 Å². The second-order valence-corrected chi connectivity index (χ2v) is 7.66. The summed E-state index contributed by atoms with van der Waals surface area (Å²) in [6.45, 7) is 8.87. The molecule has 0 rings (SSSR count). The third-order valence-electron chi connectivity index (χ3n) is 0.640. The maximum atomic E-state index is 3.26. The van der Waals surface area contributed by atoms with Gasteiger partial charge in [-0.05, 0) is 0 Å². The first-order valence-electron chi connectivity index (χ1n) is 3.06. The highest BCUT2D eigenvalue weighted by atomic mass is 28.3. The van der Waals surface area contributed by atoms with Gasteiger partial charge in [-0.1, -0.05) is 26.6 Å². The Labute approximate surface area is 59.4 Å². The average molecular weight is 143 g/mol. The Balaban J connectivity index is 0. The van der Waals surface area contributed by atoms with Gasteiger partial charge < -0.3 is 6.15 Å². The molecule has 0 atom stereocenters. The molecule has 3 N–H and O–H groups in total. The predicted molar refractivity (Wildman–Crippen MR) is 46.4 cm³/mol. The zero-order valence-corrected chi connectivity index (χ0v) is 7.91. The lowest BCUT2D eigenvalue weighted by Crippen LogP contribution is -2.16. The highest BCUT2D eigenvalue weighted by Gasteiger charge is 2.06. The van der Waals surface area contributed by atoms with Crippen molar-refractivity contribution in [2.24, 2.45) is 0 Å². The van der Waals surface area contributed by atoms with Gasteiger partial charge in [-0.15, -0.1) is 11.5 Å². The molecule has 0 aromatic carbocycles. The van der Waals surface area contributed by atoms with Gasteiger partial charge in [0.05, 0.1) is 0 Å². The quantitative estimate of drug-likeness (QED) is 0.410. The molecule has 0 aliphatic carbocycles. The minimum absolute atomic E-state index is 0. The maximum absolute atomic E-state index is 3.26. The number of hydrogen-bond donors (Lipinski definition) is 1. The van der Waals surface area contributed by atoms with Crippen molar-refractivity contribution in [1.29, 1.82) is 0 Å². The summed E-state index contributed by atoms with van der Waals surface area (Å²) in [6.07, 6.45) is 1.00. The van der Waals surface area contributed by atoms with Crippen LogP contribution in [0.4, 0.5) is 0 Å². The van der Waals surface area contributed by atoms with Crippen LogP contribution in [0, 0.1) is 11.5 Å². The summed E-state index contributed by atoms with van der Waals surface area (Å²) >= 11 is 0. The Morgan fingerprint density at radius 3 is 1.78 bits per heavy atom. The Bertz CT molecular complexity index is 113. The van der Waals surface area contributed by atoms with Crippen LogP contribution >= 0.6 is 0 Å². The summed E-state index contributed by atoms with van der Waals surface area (Å²) in [4.78, 5) is 0. The fraction of sp³-hybridized carbons (Fsp3) is 0.714. The first-order valence-corrected chi connectivity index (χ1v) is 6.56. The van der Waals surface area contributed by atoms with E-state index in [1.165, 1.54) is 0 Å². The van der Waals surface area contributed by atoms with Crippen molar-refractivity contribution in [3.8, 4) is 11.5 Å². The number of hydrogen-bond acceptors (Lipinski definition) is 1. The molecule has 0 unspecified atom stereocenters. The molecule has 0 amide bonds. The molecule has 0 radical (unpaired) electrons. The van der Waals surface area contributed by atoms with E-state index in [4.69, 9.17) is 0 Å². The molecule has 0 aromatic heterocycles. The standard InChI is InChI=1S/C7H14Si.H3N/c1-5-6-7-8(2,3)4;/h5H2,1-4H3;1H3. The van der Waals surface area contributed by atoms with Gasteiger partial charge in [-0.25, -0.2) is 0 Å². The lowest BCUT2D eigenvalue weighted by Gasteiger charge is -2.02. The van der Waals surface area contributed by atoms with Crippen molar-refractivity contribution in [3.05, 3.63) is 0 Å². The third-order valence-corrected chi connectivity index (χ3v) is 1.57. The summed E-state index contributed by atoms with van der Waals surface area (Å²) in [7, 11) is -1.04. The van der Waals surface area contributed by atoms with Gasteiger partial charge in [0.1, 0.15) is 8.07 Å². The molecule has 9 heavy (non-hydrogen) atoms. The molecule has 0 spiro atoms. The van der Waals surface area contributed by atoms with E-state index >= 15 is 0 Å². The molecule has 0 bridgehead atoms. The summed E-state index contributed by atoms with van der Waals surface area (Å²) < 4.78 is 0. The molecule has 0 aliphatic rings. The largest absolute Gasteiger partial charge is 0.344 e. The molecule has 0 saturated heterocycles. The van der Waals surface area contributed by atoms with Gasteiger partial charge in [0.25, 0.3) is 0 Å². The maximum Gasteiger partial charge on any atom is 0.129 e. The van der Waals surface area contributed by atoms with E-state index in [0.29, 0.717) is 0 Å². The summed E-state index contributed by atoms with van der Waals surface area (Å²) in [5.41, 5.74) is 3.26. The fourth-order valence-corrected chi connectivity index (χ4v) is 1.06. The van der Waals surface area contributed by atoms with Crippen LogP contribution in [0.5, 0.6) is 0 Å². The van der Waals surface area contributed by atoms with Crippen LogP contribution in [-0.2, 0) is 0 Å². The van der Waals surface area contributed by atoms with E-state index < -0.39 is 8.07 Å². The van der Waals surface area contributed by atoms with Crippen molar-refractivity contribution in [2.75, 3.05) is 0 Å². The molecular formula is C7H17NSi. The van der Waals surface area contributed by atoms with Crippen LogP contribution in [0.1, 0.15) is 13.3 Å². The predicted octanol–water partition coefficient (Wildman–Crippen LogP) is 2.44. The van der Waals surface area contributed by atoms with E-state index in [1.54, 1.807) is 0 Å². The molecule has 0 saturated carbocycles. The van der Waals surface area contributed by atoms with Crippen molar-refractivity contribution in [1.82, 2.24) is 6.15 Å². The molecule has 54 valence electrons. The summed E-state index contributed by atoms with van der Waals surface area (Å²) in [6, 6.07) is 0. The molecule has 2 heteroatoms. The smallest absolute Gasteiger partial charge is 0.129 e. The highest BCUT2D eigenvalue weighted by Crippen LogP contribution is 1.95. The topological polar surface area (TPSA) is 35.0 Å². The molecule has 1 nitrogen and oxygen atoms in total. The second-order valence-electron chi connectivity index (χ2n) is 2.91. The lowest BCUT2D eigenvalue weighted by molar-refractivity contribution is 1.28. The third kappa shape index (κ3) is 11.3. The Morgan fingerprint density at radius 2 is 1.67 bits per heavy atom. The van der Waals surface area contributed by atoms with E-state index in [1.807, 2.05) is 0 Å². The molecule has 0 heterocycles. The first kappa shape index (κ1) is 11.5. The van der Waals surface area contributed by atoms with E-state index in [9.17, 15) is 0 Å². The molecular weight excluding hydrogens is 126 g/mol. The zero-order valence-electron chi connectivity index (χ0n) is 6.91. The van der Waals surface area contributed by atoms with E-state index in [2.05, 4.69) is 38.0 Å². The number of rotatable bonds is 0. The SMILES string of the molecule is CCC#C[Si](C)(C)C.N. The van der Waals surface area contributed by atoms with Crippen molar-refractivity contribution >= 4 is 8.07 Å². The van der Waals surface area contributed by atoms with Crippen LogP contribution in [0.25, 0.3) is 0 Å². The summed E-state index contributed by atoms with van der Waals surface area (Å²) in [5.74, 6) is 3.10. The van der Waals surface area contributed by atoms with Gasteiger partial charge in [-0.3, -0.25) is 0 Å². The second kappa shape index (κ2) is 4.60. The lowest BCUT2D eigenvalue weighted by atomic mass is 10.5. The van der Waals surface area contributed by atoms with Crippen LogP contribution in [0.2, 0.25) is 19.6 Å². The van der Waals surface area contributed by atoms with Crippen LogP contribution < -0.4 is 6.15 Å². The fourth-order valence-electron chi connectivity index (χ4n) is 0.354. The van der Waals surface area contributed by atoms with Crippen molar-refractivity contribution in [2.45, 2.75) is 33.0 Å². The molecule has 0 aromatic rings.